The fourth-order valence-electron chi connectivity index (χ4n) is 1.36. The molecule has 1 atom stereocenters. The van der Waals surface area contributed by atoms with Crippen LogP contribution >= 0.6 is 11.6 Å². The van der Waals surface area contributed by atoms with Crippen molar-refractivity contribution in [1.82, 2.24) is 0 Å². The molecule has 0 bridgehead atoms. The Morgan fingerprint density at radius 2 is 2.00 bits per heavy atom. The number of alkyl halides is 3. The predicted octanol–water partition coefficient (Wildman–Crippen LogP) is 3.64. The van der Waals surface area contributed by atoms with Gasteiger partial charge in [0.2, 0.25) is 0 Å². The van der Waals surface area contributed by atoms with Crippen LogP contribution in [-0.2, 0) is 15.7 Å². The van der Waals surface area contributed by atoms with Crippen LogP contribution in [0.4, 0.5) is 13.2 Å². The molecule has 1 aromatic rings. The third kappa shape index (κ3) is 3.12. The van der Waals surface area contributed by atoms with Crippen molar-refractivity contribution in [1.29, 1.82) is 0 Å². The average Bonchev–Trinajstić information content (AvgIpc) is 2.25. The Hall–Kier alpha value is -1.23. The minimum absolute atomic E-state index is 0.0993. The first kappa shape index (κ1) is 13.8. The lowest BCUT2D eigenvalue weighted by Gasteiger charge is -2.13. The zero-order valence-corrected chi connectivity index (χ0v) is 9.89. The molecule has 1 unspecified atom stereocenters. The van der Waals surface area contributed by atoms with Gasteiger partial charge >= 0.3 is 12.1 Å². The van der Waals surface area contributed by atoms with Crippen molar-refractivity contribution in [3.05, 3.63) is 34.3 Å². The highest BCUT2D eigenvalue weighted by atomic mass is 35.5. The second kappa shape index (κ2) is 4.96. The van der Waals surface area contributed by atoms with Gasteiger partial charge in [0.25, 0.3) is 0 Å². The Labute approximate surface area is 101 Å². The maximum atomic E-state index is 12.4. The number of ether oxygens (including phenoxy) is 1. The van der Waals surface area contributed by atoms with Gasteiger partial charge in [0.05, 0.1) is 18.6 Å². The van der Waals surface area contributed by atoms with Gasteiger partial charge in [-0.2, -0.15) is 13.2 Å². The fourth-order valence-corrected chi connectivity index (χ4v) is 1.70. The number of carbonyl (C=O) groups excluding carboxylic acids is 1. The smallest absolute Gasteiger partial charge is 0.416 e. The molecule has 1 aromatic carbocycles. The number of rotatable bonds is 2. The van der Waals surface area contributed by atoms with Crippen LogP contribution in [0.1, 0.15) is 24.0 Å². The van der Waals surface area contributed by atoms with Gasteiger partial charge in [-0.3, -0.25) is 4.79 Å². The summed E-state index contributed by atoms with van der Waals surface area (Å²) in [6, 6.07) is 2.88. The molecule has 2 nitrogen and oxygen atoms in total. The summed E-state index contributed by atoms with van der Waals surface area (Å²) in [6.45, 7) is 1.51. The molecule has 1 rings (SSSR count). The second-order valence-corrected chi connectivity index (χ2v) is 3.89. The van der Waals surface area contributed by atoms with E-state index in [1.807, 2.05) is 0 Å². The van der Waals surface area contributed by atoms with Crippen LogP contribution in [0.5, 0.6) is 0 Å². The third-order valence-electron chi connectivity index (χ3n) is 2.35. The SMILES string of the molecule is COC(=O)C(C)c1ccc(C(F)(F)F)cc1Cl. The van der Waals surface area contributed by atoms with Gasteiger partial charge in [-0.15, -0.1) is 0 Å². The second-order valence-electron chi connectivity index (χ2n) is 3.48. The van der Waals surface area contributed by atoms with Crippen LogP contribution < -0.4 is 0 Å². The molecule has 94 valence electrons. The zero-order valence-electron chi connectivity index (χ0n) is 9.14. The number of methoxy groups -OCH3 is 1. The van der Waals surface area contributed by atoms with E-state index in [9.17, 15) is 18.0 Å². The minimum Gasteiger partial charge on any atom is -0.469 e. The van der Waals surface area contributed by atoms with E-state index in [1.54, 1.807) is 0 Å². The Morgan fingerprint density at radius 3 is 2.41 bits per heavy atom. The molecule has 0 amide bonds. The summed E-state index contributed by atoms with van der Waals surface area (Å²) in [4.78, 5) is 11.2. The highest BCUT2D eigenvalue weighted by molar-refractivity contribution is 6.31. The Bertz CT molecular complexity index is 429. The number of esters is 1. The molecule has 0 saturated heterocycles. The van der Waals surface area contributed by atoms with Crippen molar-refractivity contribution in [2.75, 3.05) is 7.11 Å². The van der Waals surface area contributed by atoms with Gasteiger partial charge in [-0.25, -0.2) is 0 Å². The van der Waals surface area contributed by atoms with Crippen molar-refractivity contribution in [3.8, 4) is 0 Å². The van der Waals surface area contributed by atoms with Crippen molar-refractivity contribution in [2.45, 2.75) is 19.0 Å². The summed E-state index contributed by atoms with van der Waals surface area (Å²) >= 11 is 5.72. The van der Waals surface area contributed by atoms with Crippen molar-refractivity contribution < 1.29 is 22.7 Å². The number of hydrogen-bond acceptors (Lipinski definition) is 2. The van der Waals surface area contributed by atoms with Crippen molar-refractivity contribution in [2.24, 2.45) is 0 Å². The predicted molar refractivity (Wildman–Crippen MR) is 56.9 cm³/mol. The lowest BCUT2D eigenvalue weighted by Crippen LogP contribution is -2.12. The molecule has 0 N–H and O–H groups in total. The molecule has 0 heterocycles. The van der Waals surface area contributed by atoms with Crippen molar-refractivity contribution in [3.63, 3.8) is 0 Å². The van der Waals surface area contributed by atoms with E-state index < -0.39 is 23.6 Å². The van der Waals surface area contributed by atoms with E-state index in [2.05, 4.69) is 4.74 Å². The highest BCUT2D eigenvalue weighted by Crippen LogP contribution is 2.34. The normalized spacial score (nSPS) is 13.3. The van der Waals surface area contributed by atoms with E-state index in [0.717, 1.165) is 12.1 Å². The monoisotopic (exact) mass is 266 g/mol. The minimum atomic E-state index is -4.45. The Morgan fingerprint density at radius 1 is 1.41 bits per heavy atom. The maximum Gasteiger partial charge on any atom is 0.416 e. The number of carbonyl (C=O) groups is 1. The summed E-state index contributed by atoms with van der Waals surface area (Å²) in [5, 5.41) is -0.0993. The van der Waals surface area contributed by atoms with E-state index in [-0.39, 0.29) is 5.02 Å². The third-order valence-corrected chi connectivity index (χ3v) is 2.68. The quantitative estimate of drug-likeness (QED) is 0.764. The van der Waals surface area contributed by atoms with E-state index in [4.69, 9.17) is 11.6 Å². The lowest BCUT2D eigenvalue weighted by molar-refractivity contribution is -0.142. The van der Waals surface area contributed by atoms with E-state index in [1.165, 1.54) is 20.1 Å². The summed E-state index contributed by atoms with van der Waals surface area (Å²) < 4.78 is 41.6. The first-order valence-electron chi connectivity index (χ1n) is 4.72. The molecule has 6 heteroatoms. The van der Waals surface area contributed by atoms with Crippen LogP contribution in [0.15, 0.2) is 18.2 Å². The van der Waals surface area contributed by atoms with Crippen LogP contribution in [0.25, 0.3) is 0 Å². The molecule has 0 radical (unpaired) electrons. The van der Waals surface area contributed by atoms with E-state index >= 15 is 0 Å². The van der Waals surface area contributed by atoms with Gasteiger partial charge in [0.1, 0.15) is 0 Å². The zero-order chi connectivity index (χ0) is 13.2. The standard InChI is InChI=1S/C11H10ClF3O2/c1-6(10(16)17-2)8-4-3-7(5-9(8)12)11(13,14)15/h3-6H,1-2H3. The van der Waals surface area contributed by atoms with Gasteiger partial charge in [-0.05, 0) is 24.6 Å². The molecule has 0 saturated carbocycles. The first-order valence-corrected chi connectivity index (χ1v) is 5.09. The average molecular weight is 267 g/mol. The van der Waals surface area contributed by atoms with E-state index in [0.29, 0.717) is 5.56 Å². The Balaban J connectivity index is 3.10. The van der Waals surface area contributed by atoms with Crippen molar-refractivity contribution >= 4 is 17.6 Å². The fraction of sp³-hybridized carbons (Fsp3) is 0.364. The number of hydrogen-bond donors (Lipinski definition) is 0. The Kier molecular flexibility index (Phi) is 4.03. The number of halogens is 4. The summed E-state index contributed by atoms with van der Waals surface area (Å²) in [5.74, 6) is -1.25. The molecule has 17 heavy (non-hydrogen) atoms. The summed E-state index contributed by atoms with van der Waals surface area (Å²) in [6.07, 6.45) is -4.45. The van der Waals surface area contributed by atoms with Crippen LogP contribution in [0.2, 0.25) is 5.02 Å². The molecular formula is C11H10ClF3O2. The summed E-state index contributed by atoms with van der Waals surface area (Å²) in [5.41, 5.74) is -0.533. The number of benzene rings is 1. The lowest BCUT2D eigenvalue weighted by atomic mass is 9.99. The summed E-state index contributed by atoms with van der Waals surface area (Å²) in [7, 11) is 1.21. The molecule has 0 aromatic heterocycles. The van der Waals surface area contributed by atoms with Gasteiger partial charge < -0.3 is 4.74 Å². The van der Waals surface area contributed by atoms with Crippen LogP contribution in [0, 0.1) is 0 Å². The van der Waals surface area contributed by atoms with Gasteiger partial charge in [0, 0.05) is 5.02 Å². The van der Waals surface area contributed by atoms with Crippen LogP contribution in [-0.4, -0.2) is 13.1 Å². The topological polar surface area (TPSA) is 26.3 Å². The molecule has 0 aliphatic rings. The molecule has 0 spiro atoms. The molecule has 0 fully saturated rings. The highest BCUT2D eigenvalue weighted by Gasteiger charge is 2.31. The largest absolute Gasteiger partial charge is 0.469 e. The van der Waals surface area contributed by atoms with Crippen LogP contribution in [0.3, 0.4) is 0 Å². The molecular weight excluding hydrogens is 257 g/mol. The molecule has 0 aliphatic carbocycles. The molecule has 0 aliphatic heterocycles. The van der Waals surface area contributed by atoms with Gasteiger partial charge in [-0.1, -0.05) is 17.7 Å². The first-order chi connectivity index (χ1) is 7.77. The van der Waals surface area contributed by atoms with Gasteiger partial charge in [0.15, 0.2) is 0 Å². The maximum absolute atomic E-state index is 12.4.